The van der Waals surface area contributed by atoms with Crippen LogP contribution >= 0.6 is 11.3 Å². The number of benzene rings is 2. The summed E-state index contributed by atoms with van der Waals surface area (Å²) >= 11 is 1.32. The normalized spacial score (nSPS) is 11.0. The van der Waals surface area contributed by atoms with E-state index >= 15 is 0 Å². The number of hydrogen-bond donors (Lipinski definition) is 2. The summed E-state index contributed by atoms with van der Waals surface area (Å²) < 4.78 is 5.13. The number of carbonyl (C=O) groups is 2. The Morgan fingerprint density at radius 2 is 1.73 bits per heavy atom. The molecule has 2 N–H and O–H groups in total. The van der Waals surface area contributed by atoms with Gasteiger partial charge in [0.05, 0.1) is 0 Å². The maximum Gasteiger partial charge on any atom is 0.358 e. The van der Waals surface area contributed by atoms with Gasteiger partial charge in [-0.05, 0) is 22.6 Å². The van der Waals surface area contributed by atoms with Crippen LogP contribution in [0.2, 0.25) is 0 Å². The van der Waals surface area contributed by atoms with E-state index < -0.39 is 11.9 Å². The number of nitrogens with zero attached hydrogens (tertiary/aromatic N) is 1. The number of para-hydroxylation sites is 1. The summed E-state index contributed by atoms with van der Waals surface area (Å²) in [6, 6.07) is 17.5. The average Bonchev–Trinajstić information content (AvgIpc) is 3.20. The van der Waals surface area contributed by atoms with Gasteiger partial charge in [0, 0.05) is 17.6 Å². The first kappa shape index (κ1) is 21.5. The third-order valence-electron chi connectivity index (χ3n) is 4.34. The molecule has 1 heterocycles. The number of rotatable bonds is 7. The first-order valence-electron chi connectivity index (χ1n) is 9.63. The van der Waals surface area contributed by atoms with Crippen molar-refractivity contribution in [2.45, 2.75) is 32.7 Å². The molecule has 3 aromatic rings. The molecule has 30 heavy (non-hydrogen) atoms. The highest BCUT2D eigenvalue weighted by atomic mass is 32.1. The Hall–Kier alpha value is -3.19. The molecule has 0 aliphatic rings. The second kappa shape index (κ2) is 9.54. The molecule has 0 spiro atoms. The number of hydrogen-bond acceptors (Lipinski definition) is 6. The van der Waals surface area contributed by atoms with E-state index in [1.807, 2.05) is 54.6 Å². The van der Waals surface area contributed by atoms with Crippen molar-refractivity contribution >= 4 is 34.0 Å². The lowest BCUT2D eigenvalue weighted by molar-refractivity contribution is -0.119. The molecule has 0 saturated heterocycles. The standard InChI is InChI=1S/C23H25N3O3S/c1-23(2,3)17-11-7-8-12-18(17)25-20(27)14-29-21(28)19-15-30-22(26-19)24-13-16-9-5-4-6-10-16/h4-12,15H,13-14H2,1-3H3,(H,24,26)(H,25,27). The molecular formula is C23H25N3O3S. The highest BCUT2D eigenvalue weighted by Crippen LogP contribution is 2.29. The van der Waals surface area contributed by atoms with Crippen molar-refractivity contribution in [3.8, 4) is 0 Å². The van der Waals surface area contributed by atoms with Crippen LogP contribution in [0, 0.1) is 0 Å². The van der Waals surface area contributed by atoms with Crippen LogP contribution in [0.4, 0.5) is 10.8 Å². The van der Waals surface area contributed by atoms with E-state index in [0.29, 0.717) is 17.4 Å². The minimum Gasteiger partial charge on any atom is -0.451 e. The van der Waals surface area contributed by atoms with Crippen LogP contribution in [0.15, 0.2) is 60.0 Å². The Morgan fingerprint density at radius 1 is 1.03 bits per heavy atom. The summed E-state index contributed by atoms with van der Waals surface area (Å²) in [5.41, 5.74) is 2.90. The zero-order valence-corrected chi connectivity index (χ0v) is 18.1. The SMILES string of the molecule is CC(C)(C)c1ccccc1NC(=O)COC(=O)c1csc(NCc2ccccc2)n1. The molecule has 2 aromatic carbocycles. The van der Waals surface area contributed by atoms with Gasteiger partial charge in [-0.15, -0.1) is 11.3 Å². The fourth-order valence-electron chi connectivity index (χ4n) is 2.86. The fraction of sp³-hybridized carbons (Fsp3) is 0.261. The molecule has 0 bridgehead atoms. The van der Waals surface area contributed by atoms with Crippen LogP contribution in [0.25, 0.3) is 0 Å². The minimum atomic E-state index is -0.627. The van der Waals surface area contributed by atoms with Crippen molar-refractivity contribution in [3.05, 3.63) is 76.8 Å². The van der Waals surface area contributed by atoms with Crippen molar-refractivity contribution in [2.24, 2.45) is 0 Å². The third-order valence-corrected chi connectivity index (χ3v) is 5.14. The lowest BCUT2D eigenvalue weighted by atomic mass is 9.86. The molecule has 1 amide bonds. The van der Waals surface area contributed by atoms with Gasteiger partial charge >= 0.3 is 5.97 Å². The highest BCUT2D eigenvalue weighted by Gasteiger charge is 2.19. The van der Waals surface area contributed by atoms with Gasteiger partial charge in [0.2, 0.25) is 0 Å². The van der Waals surface area contributed by atoms with Crippen LogP contribution < -0.4 is 10.6 Å². The Labute approximate surface area is 180 Å². The maximum absolute atomic E-state index is 12.3. The zero-order chi connectivity index (χ0) is 21.6. The number of carbonyl (C=O) groups excluding carboxylic acids is 2. The van der Waals surface area contributed by atoms with E-state index in [1.165, 1.54) is 11.3 Å². The monoisotopic (exact) mass is 423 g/mol. The Kier molecular flexibility index (Phi) is 6.84. The molecule has 0 atom stereocenters. The fourth-order valence-corrected chi connectivity index (χ4v) is 3.54. The summed E-state index contributed by atoms with van der Waals surface area (Å²) in [7, 11) is 0. The highest BCUT2D eigenvalue weighted by molar-refractivity contribution is 7.13. The summed E-state index contributed by atoms with van der Waals surface area (Å²) in [6.45, 7) is 6.46. The molecular weight excluding hydrogens is 398 g/mol. The smallest absolute Gasteiger partial charge is 0.358 e. The van der Waals surface area contributed by atoms with Crippen molar-refractivity contribution in [1.29, 1.82) is 0 Å². The van der Waals surface area contributed by atoms with Gasteiger partial charge in [-0.3, -0.25) is 4.79 Å². The maximum atomic E-state index is 12.3. The van der Waals surface area contributed by atoms with Gasteiger partial charge < -0.3 is 15.4 Å². The van der Waals surface area contributed by atoms with Crippen LogP contribution in [-0.2, 0) is 21.5 Å². The predicted octanol–water partition coefficient (Wildman–Crippen LogP) is 4.85. The van der Waals surface area contributed by atoms with Crippen LogP contribution in [-0.4, -0.2) is 23.5 Å². The molecule has 156 valence electrons. The summed E-state index contributed by atoms with van der Waals surface area (Å²) in [5.74, 6) is -1.02. The van der Waals surface area contributed by atoms with Crippen LogP contribution in [0.3, 0.4) is 0 Å². The van der Waals surface area contributed by atoms with E-state index in [-0.39, 0.29) is 17.7 Å². The largest absolute Gasteiger partial charge is 0.451 e. The van der Waals surface area contributed by atoms with Gasteiger partial charge in [-0.25, -0.2) is 9.78 Å². The Balaban J connectivity index is 1.51. The topological polar surface area (TPSA) is 80.3 Å². The van der Waals surface area contributed by atoms with Gasteiger partial charge in [-0.2, -0.15) is 0 Å². The van der Waals surface area contributed by atoms with Crippen LogP contribution in [0.1, 0.15) is 42.4 Å². The van der Waals surface area contributed by atoms with Gasteiger partial charge in [0.1, 0.15) is 0 Å². The van der Waals surface area contributed by atoms with Gasteiger partial charge in [0.15, 0.2) is 17.4 Å². The minimum absolute atomic E-state index is 0.121. The second-order valence-corrected chi connectivity index (χ2v) is 8.66. The average molecular weight is 424 g/mol. The number of esters is 1. The molecule has 7 heteroatoms. The number of aromatic nitrogens is 1. The lowest BCUT2D eigenvalue weighted by Crippen LogP contribution is -2.23. The molecule has 0 aliphatic heterocycles. The molecule has 0 saturated carbocycles. The molecule has 0 fully saturated rings. The van der Waals surface area contributed by atoms with E-state index in [0.717, 1.165) is 11.1 Å². The number of nitrogens with one attached hydrogen (secondary N) is 2. The molecule has 0 aliphatic carbocycles. The summed E-state index contributed by atoms with van der Waals surface area (Å²) in [4.78, 5) is 28.7. The van der Waals surface area contributed by atoms with E-state index in [4.69, 9.17) is 4.74 Å². The summed E-state index contributed by atoms with van der Waals surface area (Å²) in [6.07, 6.45) is 0. The van der Waals surface area contributed by atoms with Crippen molar-refractivity contribution in [3.63, 3.8) is 0 Å². The number of anilines is 2. The molecule has 1 aromatic heterocycles. The van der Waals surface area contributed by atoms with E-state index in [1.54, 1.807) is 5.38 Å². The third kappa shape index (κ3) is 5.90. The number of thiazole rings is 1. The second-order valence-electron chi connectivity index (χ2n) is 7.80. The first-order valence-corrected chi connectivity index (χ1v) is 10.5. The summed E-state index contributed by atoms with van der Waals surface area (Å²) in [5, 5.41) is 8.23. The van der Waals surface area contributed by atoms with E-state index in [9.17, 15) is 9.59 Å². The van der Waals surface area contributed by atoms with E-state index in [2.05, 4.69) is 36.4 Å². The molecule has 0 radical (unpaired) electrons. The van der Waals surface area contributed by atoms with Crippen LogP contribution in [0.5, 0.6) is 0 Å². The first-order chi connectivity index (χ1) is 14.3. The zero-order valence-electron chi connectivity index (χ0n) is 17.3. The van der Waals surface area contributed by atoms with Gasteiger partial charge in [0.25, 0.3) is 5.91 Å². The van der Waals surface area contributed by atoms with Gasteiger partial charge in [-0.1, -0.05) is 69.3 Å². The van der Waals surface area contributed by atoms with Crippen molar-refractivity contribution in [1.82, 2.24) is 4.98 Å². The quantitative estimate of drug-likeness (QED) is 0.531. The predicted molar refractivity (Wildman–Crippen MR) is 120 cm³/mol. The number of amides is 1. The Bertz CT molecular complexity index is 1010. The molecule has 3 rings (SSSR count). The number of ether oxygens (including phenoxy) is 1. The lowest BCUT2D eigenvalue weighted by Gasteiger charge is -2.22. The van der Waals surface area contributed by atoms with Crippen molar-refractivity contribution in [2.75, 3.05) is 17.2 Å². The molecule has 6 nitrogen and oxygen atoms in total. The van der Waals surface area contributed by atoms with Crippen molar-refractivity contribution < 1.29 is 14.3 Å². The molecule has 0 unspecified atom stereocenters. The Morgan fingerprint density at radius 3 is 2.47 bits per heavy atom.